The quantitative estimate of drug-likeness (QED) is 0.104. The molecule has 3 N–H and O–H groups in total. The molecule has 2 fully saturated rings. The number of Topliss-reactive ketones (excluding diaryl/α,β-unsaturated/α-hetero) is 1. The molecule has 3 aliphatic heterocycles. The van der Waals surface area contributed by atoms with Crippen LogP contribution in [0.1, 0.15) is 132 Å². The Balaban J connectivity index is 1.19. The number of aryl methyl sites for hydroxylation is 2. The Hall–Kier alpha value is -8.88. The lowest BCUT2D eigenvalue weighted by Crippen LogP contribution is -2.58. The number of piperidine rings is 1. The number of hydrogen-bond donors (Lipinski definition) is 3. The zero-order chi connectivity index (χ0) is 65.2. The van der Waals surface area contributed by atoms with Gasteiger partial charge in [-0.05, 0) is 131 Å². The number of carbonyl (C=O) groups excluding carboxylic acids is 10. The van der Waals surface area contributed by atoms with E-state index in [1.165, 1.54) is 59.8 Å². The molecule has 6 atom stereocenters. The van der Waals surface area contributed by atoms with Crippen LogP contribution >= 0.6 is 0 Å². The summed E-state index contributed by atoms with van der Waals surface area (Å²) in [7, 11) is 6.19. The number of anilines is 1. The first-order valence-electron chi connectivity index (χ1n) is 31.0. The van der Waals surface area contributed by atoms with Crippen molar-refractivity contribution in [1.29, 1.82) is 0 Å². The van der Waals surface area contributed by atoms with Crippen LogP contribution in [0.3, 0.4) is 0 Å². The van der Waals surface area contributed by atoms with Gasteiger partial charge in [0.15, 0.2) is 11.5 Å². The largest absolute Gasteiger partial charge is 0.493 e. The van der Waals surface area contributed by atoms with Crippen molar-refractivity contribution >= 4 is 64.8 Å². The molecule has 0 aromatic heterocycles. The summed E-state index contributed by atoms with van der Waals surface area (Å²) in [5.74, 6) is -5.56. The van der Waals surface area contributed by atoms with E-state index in [1.54, 1.807) is 74.8 Å². The van der Waals surface area contributed by atoms with Crippen molar-refractivity contribution in [2.24, 2.45) is 11.3 Å². The molecule has 7 rings (SSSR count). The molecule has 4 aromatic rings. The summed E-state index contributed by atoms with van der Waals surface area (Å²) in [5.41, 5.74) is 2.25. The molecule has 7 amide bonds. The number of rotatable bonds is 10. The van der Waals surface area contributed by atoms with Gasteiger partial charge in [0.2, 0.25) is 41.2 Å². The Morgan fingerprint density at radius 2 is 1.36 bits per heavy atom. The summed E-state index contributed by atoms with van der Waals surface area (Å²) in [6.07, 6.45) is 4.32. The predicted molar refractivity (Wildman–Crippen MR) is 336 cm³/mol. The number of methoxy groups -OCH3 is 2. The normalized spacial score (nSPS) is 22.9. The van der Waals surface area contributed by atoms with Crippen LogP contribution in [0.5, 0.6) is 11.5 Å². The summed E-state index contributed by atoms with van der Waals surface area (Å²) in [4.78, 5) is 148. The number of fused-ring (bicyclic) bond motifs is 4. The van der Waals surface area contributed by atoms with Crippen LogP contribution in [0, 0.1) is 18.3 Å². The van der Waals surface area contributed by atoms with Crippen LogP contribution in [-0.4, -0.2) is 157 Å². The van der Waals surface area contributed by atoms with Gasteiger partial charge in [0.1, 0.15) is 42.9 Å². The summed E-state index contributed by atoms with van der Waals surface area (Å²) < 4.78 is 22.8. The zero-order valence-corrected chi connectivity index (χ0v) is 53.3. The Bertz CT molecular complexity index is 3260. The summed E-state index contributed by atoms with van der Waals surface area (Å²) in [6, 6.07) is 22.6. The van der Waals surface area contributed by atoms with Gasteiger partial charge in [-0.1, -0.05) is 98.3 Å². The number of likely N-dealkylation sites (N-methyl/N-ethyl adjacent to an activating group) is 2. The summed E-state index contributed by atoms with van der Waals surface area (Å²) in [6.45, 7) is 8.74. The number of esters is 2. The van der Waals surface area contributed by atoms with Crippen molar-refractivity contribution in [3.63, 3.8) is 0 Å². The van der Waals surface area contributed by atoms with Gasteiger partial charge in [-0.15, -0.1) is 0 Å². The van der Waals surface area contributed by atoms with E-state index in [0.717, 1.165) is 16.7 Å². The number of hydrogen-bond acceptors (Lipinski definition) is 14. The van der Waals surface area contributed by atoms with Crippen LogP contribution < -0.4 is 25.4 Å². The zero-order valence-electron chi connectivity index (χ0n) is 53.3. The molecule has 4 aromatic carbocycles. The van der Waals surface area contributed by atoms with E-state index in [0.29, 0.717) is 66.8 Å². The highest BCUT2D eigenvalue weighted by Gasteiger charge is 2.44. The van der Waals surface area contributed by atoms with Crippen molar-refractivity contribution in [2.45, 2.75) is 148 Å². The van der Waals surface area contributed by atoms with Crippen LogP contribution in [-0.2, 0) is 70.3 Å². The molecule has 0 radical (unpaired) electrons. The number of ketones is 1. The fourth-order valence-corrected chi connectivity index (χ4v) is 11.5. The molecular weight excluding hydrogens is 1150 g/mol. The Morgan fingerprint density at radius 3 is 2.07 bits per heavy atom. The van der Waals surface area contributed by atoms with Gasteiger partial charge in [0.25, 0.3) is 5.91 Å². The number of benzene rings is 4. The average Bonchev–Trinajstić information content (AvgIpc) is 1.53. The maximum Gasteiger partial charge on any atom is 0.330 e. The van der Waals surface area contributed by atoms with E-state index in [4.69, 9.17) is 18.9 Å². The first kappa shape index (κ1) is 68.6. The van der Waals surface area contributed by atoms with Crippen LogP contribution in [0.2, 0.25) is 0 Å². The molecule has 21 nitrogen and oxygen atoms in total. The fraction of sp³-hybridized carbons (Fsp3) is 0.478. The second-order valence-corrected chi connectivity index (χ2v) is 24.6. The summed E-state index contributed by atoms with van der Waals surface area (Å²) in [5, 5.41) is 8.59. The van der Waals surface area contributed by atoms with Crippen molar-refractivity contribution in [3.05, 3.63) is 137 Å². The van der Waals surface area contributed by atoms with Gasteiger partial charge < -0.3 is 54.5 Å². The monoisotopic (exact) mass is 1240 g/mol. The first-order valence-corrected chi connectivity index (χ1v) is 31.0. The fourth-order valence-electron chi connectivity index (χ4n) is 11.5. The lowest BCUT2D eigenvalue weighted by molar-refractivity contribution is -0.165. The van der Waals surface area contributed by atoms with E-state index >= 15 is 4.79 Å². The minimum absolute atomic E-state index is 0.0273. The molecule has 0 spiro atoms. The lowest BCUT2D eigenvalue weighted by Gasteiger charge is -2.36. The van der Waals surface area contributed by atoms with Gasteiger partial charge in [-0.2, -0.15) is 0 Å². The van der Waals surface area contributed by atoms with Gasteiger partial charge in [-0.3, -0.25) is 38.4 Å². The first-order chi connectivity index (χ1) is 43.0. The maximum absolute atomic E-state index is 15.1. The third-order valence-corrected chi connectivity index (χ3v) is 16.7. The van der Waals surface area contributed by atoms with Crippen LogP contribution in [0.25, 0.3) is 0 Å². The lowest BCUT2D eigenvalue weighted by atomic mass is 9.87. The van der Waals surface area contributed by atoms with E-state index in [1.807, 2.05) is 57.2 Å². The SMILES string of the molecule is COc1ccc(CC[C@H]2OC(=O)[C@@H]3CCCCN3C(=O)C(=O)C(C)(C)COC(=O)C=CCCN(C)C(=O)[C@H](CC(C)C)N(C)C(=O)[C@@H]3CCCN3C(=O)[C@H](Cc3ccc(C)cc3)NC(=O)[C@H](c3ccccc3)NC(=O)CCC(=O)Nc3cccc2c3)cc1OC. The second kappa shape index (κ2) is 32.0. The minimum atomic E-state index is -1.51. The van der Waals surface area contributed by atoms with E-state index < -0.39 is 101 Å². The van der Waals surface area contributed by atoms with E-state index in [2.05, 4.69) is 16.0 Å². The van der Waals surface area contributed by atoms with Crippen molar-refractivity contribution in [1.82, 2.24) is 30.2 Å². The molecular formula is C69H87N7O14. The third kappa shape index (κ3) is 18.4. The average molecular weight is 1240 g/mol. The minimum Gasteiger partial charge on any atom is -0.493 e. The molecule has 3 heterocycles. The van der Waals surface area contributed by atoms with Gasteiger partial charge >= 0.3 is 11.9 Å². The number of nitrogens with one attached hydrogen (secondary N) is 3. The second-order valence-electron chi connectivity index (χ2n) is 24.6. The third-order valence-electron chi connectivity index (χ3n) is 16.7. The van der Waals surface area contributed by atoms with Gasteiger partial charge in [0.05, 0.1) is 19.6 Å². The molecule has 21 heteroatoms. The molecule has 482 valence electrons. The predicted octanol–water partition coefficient (Wildman–Crippen LogP) is 7.34. The highest BCUT2D eigenvalue weighted by atomic mass is 16.5. The van der Waals surface area contributed by atoms with Crippen molar-refractivity contribution in [2.75, 3.05) is 59.9 Å². The maximum atomic E-state index is 15.1. The molecule has 3 aliphatic rings. The number of nitrogens with zero attached hydrogens (tertiary/aromatic N) is 4. The van der Waals surface area contributed by atoms with E-state index in [9.17, 15) is 43.2 Å². The van der Waals surface area contributed by atoms with Crippen molar-refractivity contribution in [3.8, 4) is 11.5 Å². The topological polar surface area (TPSA) is 257 Å². The van der Waals surface area contributed by atoms with E-state index in [-0.39, 0.29) is 70.0 Å². The number of carbonyl (C=O) groups is 10. The standard InChI is InChI=1S/C69H87N7O14/c1-44(2)39-54-65(83)73(6)36-15-14-25-60(79)89-43-69(4,5)62(80)67(85)76-37-16-13-23-53(76)68(86)90-55(32-30-47-31-33-56(87-8)57(41-47)88-9)49-21-17-22-50(42-49)70-58(77)34-35-59(78)72-61(48-19-11-10-12-20-48)63(81)71-51(40-46-28-26-45(3)27-29-46)64(82)75-38-18-24-52(75)66(84)74(54)7/h10-12,14,17,19-22,25-29,31,33,41-42,44,51-55,61H,13,15-16,18,23-24,30,32,34-40,43H2,1-9H3,(H,70,77)(H,71,81)(H,72,78)/t51-,52-,53-,54-,55+,61-/m0/s1. The summed E-state index contributed by atoms with van der Waals surface area (Å²) >= 11 is 0. The van der Waals surface area contributed by atoms with Crippen LogP contribution in [0.15, 0.2) is 109 Å². The van der Waals surface area contributed by atoms with Gasteiger partial charge in [-0.25, -0.2) is 9.59 Å². The number of ether oxygens (including phenoxy) is 4. The van der Waals surface area contributed by atoms with Crippen LogP contribution in [0.4, 0.5) is 5.69 Å². The highest BCUT2D eigenvalue weighted by Crippen LogP contribution is 2.33. The Labute approximate surface area is 527 Å². The number of cyclic esters (lactones) is 2. The molecule has 0 unspecified atom stereocenters. The Morgan fingerprint density at radius 1 is 0.678 bits per heavy atom. The van der Waals surface area contributed by atoms with Gasteiger partial charge in [0, 0.05) is 64.8 Å². The van der Waals surface area contributed by atoms with Crippen molar-refractivity contribution < 1.29 is 66.9 Å². The highest BCUT2D eigenvalue weighted by molar-refractivity contribution is 6.38. The molecule has 2 bridgehead atoms. The molecule has 0 aliphatic carbocycles. The number of amides is 7. The molecule has 2 saturated heterocycles. The smallest absolute Gasteiger partial charge is 0.330 e. The molecule has 90 heavy (non-hydrogen) atoms. The molecule has 0 saturated carbocycles. The Kier molecular flexibility index (Phi) is 24.4.